The summed E-state index contributed by atoms with van der Waals surface area (Å²) < 4.78 is 15.6. The van der Waals surface area contributed by atoms with Crippen LogP contribution in [0.1, 0.15) is 36.5 Å². The molecule has 2 aliphatic rings. The summed E-state index contributed by atoms with van der Waals surface area (Å²) in [6.45, 7) is 4.12. The minimum Gasteiger partial charge on any atom is -0.346 e. The Hall–Kier alpha value is -4.10. The fourth-order valence-corrected chi connectivity index (χ4v) is 5.83. The van der Waals surface area contributed by atoms with E-state index in [0.717, 1.165) is 48.2 Å². The number of amides is 1. The van der Waals surface area contributed by atoms with Crippen LogP contribution < -0.4 is 0 Å². The molecular formula is C27H27FN8O. The molecule has 6 rings (SSSR count). The fraction of sp³-hybridized carbons (Fsp3) is 0.370. The Morgan fingerprint density at radius 1 is 1.30 bits per heavy atom. The number of aromatic nitrogens is 5. The van der Waals surface area contributed by atoms with Crippen LogP contribution in [0.15, 0.2) is 55.2 Å². The third-order valence-corrected chi connectivity index (χ3v) is 7.80. The largest absolute Gasteiger partial charge is 0.346 e. The quantitative estimate of drug-likeness (QED) is 0.451. The number of fused-ring (bicyclic) bond motifs is 1. The molecule has 1 aromatic carbocycles. The first kappa shape index (κ1) is 23.3. The number of aromatic amines is 1. The summed E-state index contributed by atoms with van der Waals surface area (Å²) in [6, 6.07) is 10.5. The SMILES string of the molecule is CC1CC(N2CC(CC#N)(n3cc(-c4ncnc5[nH]ccc45)cn3)C2)CCN1C(=O)c1cccc(F)c1. The highest BCUT2D eigenvalue weighted by atomic mass is 19.1. The number of carbonyl (C=O) groups is 1. The Balaban J connectivity index is 1.15. The molecule has 2 fully saturated rings. The van der Waals surface area contributed by atoms with Crippen molar-refractivity contribution in [2.24, 2.45) is 0 Å². The molecule has 0 spiro atoms. The van der Waals surface area contributed by atoms with Gasteiger partial charge in [0, 0.05) is 60.6 Å². The number of likely N-dealkylation sites (tertiary alicyclic amines) is 2. The molecule has 3 aromatic heterocycles. The van der Waals surface area contributed by atoms with E-state index in [9.17, 15) is 14.4 Å². The number of piperidine rings is 1. The van der Waals surface area contributed by atoms with Crippen LogP contribution in [-0.2, 0) is 5.54 Å². The zero-order valence-electron chi connectivity index (χ0n) is 20.5. The molecule has 0 aliphatic carbocycles. The van der Waals surface area contributed by atoms with E-state index in [-0.39, 0.29) is 11.9 Å². The van der Waals surface area contributed by atoms with Crippen molar-refractivity contribution < 1.29 is 9.18 Å². The summed E-state index contributed by atoms with van der Waals surface area (Å²) in [4.78, 5) is 29.0. The molecule has 10 heteroatoms. The zero-order chi connectivity index (χ0) is 25.6. The Kier molecular flexibility index (Phi) is 5.72. The van der Waals surface area contributed by atoms with Gasteiger partial charge in [0.05, 0.1) is 24.4 Å². The van der Waals surface area contributed by atoms with Crippen molar-refractivity contribution in [1.29, 1.82) is 5.26 Å². The van der Waals surface area contributed by atoms with Crippen LogP contribution in [0.4, 0.5) is 4.39 Å². The number of halogens is 1. The molecule has 2 aliphatic heterocycles. The maximum absolute atomic E-state index is 13.6. The predicted molar refractivity (Wildman–Crippen MR) is 135 cm³/mol. The zero-order valence-corrected chi connectivity index (χ0v) is 20.5. The molecule has 0 radical (unpaired) electrons. The molecule has 2 unspecified atom stereocenters. The van der Waals surface area contributed by atoms with E-state index < -0.39 is 11.4 Å². The monoisotopic (exact) mass is 498 g/mol. The highest BCUT2D eigenvalue weighted by Crippen LogP contribution is 2.38. The number of rotatable bonds is 5. The Morgan fingerprint density at radius 3 is 2.95 bits per heavy atom. The lowest BCUT2D eigenvalue weighted by atomic mass is 9.83. The van der Waals surface area contributed by atoms with Gasteiger partial charge in [-0.2, -0.15) is 10.4 Å². The van der Waals surface area contributed by atoms with Crippen molar-refractivity contribution in [3.8, 4) is 17.3 Å². The van der Waals surface area contributed by atoms with E-state index in [2.05, 4.69) is 37.9 Å². The molecule has 188 valence electrons. The van der Waals surface area contributed by atoms with Gasteiger partial charge in [-0.1, -0.05) is 6.07 Å². The van der Waals surface area contributed by atoms with E-state index in [0.29, 0.717) is 24.6 Å². The Morgan fingerprint density at radius 2 is 2.16 bits per heavy atom. The van der Waals surface area contributed by atoms with Crippen molar-refractivity contribution in [2.45, 2.75) is 43.8 Å². The van der Waals surface area contributed by atoms with Gasteiger partial charge < -0.3 is 9.88 Å². The standard InChI is InChI=1S/C27H27FN8O/c1-18-11-22(6-10-35(18)26(37)19-3-2-4-21(28)12-19)34-15-27(16-34,7-8-29)36-14-20(13-33-36)24-23-5-9-30-25(23)32-17-31-24/h2-5,9,12-14,17-18,22H,6-7,10-11,15-16H2,1H3,(H,30,31,32). The van der Waals surface area contributed by atoms with Crippen LogP contribution in [0.5, 0.6) is 0 Å². The van der Waals surface area contributed by atoms with Gasteiger partial charge in [0.1, 0.15) is 23.3 Å². The maximum atomic E-state index is 13.6. The van der Waals surface area contributed by atoms with E-state index in [4.69, 9.17) is 0 Å². The number of nitriles is 1. The van der Waals surface area contributed by atoms with Gasteiger partial charge in [0.25, 0.3) is 5.91 Å². The van der Waals surface area contributed by atoms with Gasteiger partial charge >= 0.3 is 0 Å². The Bertz CT molecular complexity index is 1500. The third kappa shape index (κ3) is 4.05. The molecule has 1 amide bonds. The summed E-state index contributed by atoms with van der Waals surface area (Å²) in [5, 5.41) is 15.2. The van der Waals surface area contributed by atoms with Gasteiger partial charge in [-0.3, -0.25) is 14.4 Å². The van der Waals surface area contributed by atoms with Crippen molar-refractivity contribution in [3.63, 3.8) is 0 Å². The molecule has 4 aromatic rings. The van der Waals surface area contributed by atoms with Crippen molar-refractivity contribution in [2.75, 3.05) is 19.6 Å². The molecule has 9 nitrogen and oxygen atoms in total. The number of hydrogen-bond acceptors (Lipinski definition) is 6. The number of benzene rings is 1. The fourth-order valence-electron chi connectivity index (χ4n) is 5.83. The molecule has 5 heterocycles. The lowest BCUT2D eigenvalue weighted by Gasteiger charge is -2.54. The van der Waals surface area contributed by atoms with Gasteiger partial charge in [-0.15, -0.1) is 0 Å². The van der Waals surface area contributed by atoms with Crippen molar-refractivity contribution in [3.05, 3.63) is 66.6 Å². The lowest BCUT2D eigenvalue weighted by molar-refractivity contribution is -0.0480. The average Bonchev–Trinajstić information content (AvgIpc) is 3.56. The average molecular weight is 499 g/mol. The minimum absolute atomic E-state index is 0.0401. The van der Waals surface area contributed by atoms with E-state index in [1.54, 1.807) is 18.3 Å². The smallest absolute Gasteiger partial charge is 0.254 e. The highest BCUT2D eigenvalue weighted by Gasteiger charge is 2.49. The summed E-state index contributed by atoms with van der Waals surface area (Å²) in [7, 11) is 0. The van der Waals surface area contributed by atoms with Gasteiger partial charge in [0.2, 0.25) is 0 Å². The highest BCUT2D eigenvalue weighted by molar-refractivity contribution is 5.94. The normalized spacial score (nSPS) is 21.5. The molecule has 1 N–H and O–H groups in total. The van der Waals surface area contributed by atoms with Crippen LogP contribution in [0.2, 0.25) is 0 Å². The van der Waals surface area contributed by atoms with Gasteiger partial charge in [0.15, 0.2) is 0 Å². The van der Waals surface area contributed by atoms with Crippen LogP contribution in [0.25, 0.3) is 22.3 Å². The summed E-state index contributed by atoms with van der Waals surface area (Å²) in [5.41, 5.74) is 2.47. The molecule has 0 saturated carbocycles. The molecular weight excluding hydrogens is 471 g/mol. The van der Waals surface area contributed by atoms with Crippen LogP contribution in [0.3, 0.4) is 0 Å². The number of H-pyrrole nitrogens is 1. The van der Waals surface area contributed by atoms with Crippen LogP contribution >= 0.6 is 0 Å². The molecule has 0 bridgehead atoms. The number of carbonyl (C=O) groups excluding carboxylic acids is 1. The third-order valence-electron chi connectivity index (χ3n) is 7.80. The van der Waals surface area contributed by atoms with E-state index in [1.807, 2.05) is 28.0 Å². The van der Waals surface area contributed by atoms with E-state index >= 15 is 0 Å². The first-order valence-corrected chi connectivity index (χ1v) is 12.5. The van der Waals surface area contributed by atoms with Crippen LogP contribution in [0, 0.1) is 17.1 Å². The second kappa shape index (κ2) is 9.09. The number of hydrogen-bond donors (Lipinski definition) is 1. The second-order valence-electron chi connectivity index (χ2n) is 10.1. The molecule has 2 saturated heterocycles. The first-order valence-electron chi connectivity index (χ1n) is 12.5. The molecule has 2 atom stereocenters. The summed E-state index contributed by atoms with van der Waals surface area (Å²) >= 11 is 0. The number of nitrogens with zero attached hydrogens (tertiary/aromatic N) is 7. The second-order valence-corrected chi connectivity index (χ2v) is 10.1. The topological polar surface area (TPSA) is 107 Å². The Labute approximate surface area is 213 Å². The van der Waals surface area contributed by atoms with Gasteiger partial charge in [-0.05, 0) is 44.0 Å². The number of nitrogens with one attached hydrogen (secondary N) is 1. The summed E-state index contributed by atoms with van der Waals surface area (Å²) in [5.74, 6) is -0.528. The van der Waals surface area contributed by atoms with Gasteiger partial charge in [-0.25, -0.2) is 14.4 Å². The van der Waals surface area contributed by atoms with Crippen molar-refractivity contribution >= 4 is 16.9 Å². The van der Waals surface area contributed by atoms with Crippen LogP contribution in [-0.4, -0.2) is 72.2 Å². The first-order chi connectivity index (χ1) is 18.0. The van der Waals surface area contributed by atoms with E-state index in [1.165, 1.54) is 18.5 Å². The van der Waals surface area contributed by atoms with Crippen molar-refractivity contribution in [1.82, 2.24) is 34.5 Å². The predicted octanol–water partition coefficient (Wildman–Crippen LogP) is 3.58. The lowest BCUT2D eigenvalue weighted by Crippen LogP contribution is -2.67. The maximum Gasteiger partial charge on any atom is 0.254 e. The summed E-state index contributed by atoms with van der Waals surface area (Å²) in [6.07, 6.45) is 9.19. The minimum atomic E-state index is -0.401. The molecule has 37 heavy (non-hydrogen) atoms.